The van der Waals surface area contributed by atoms with Crippen molar-refractivity contribution in [3.63, 3.8) is 0 Å². The Balaban J connectivity index is 2.42. The summed E-state index contributed by atoms with van der Waals surface area (Å²) in [7, 11) is 0. The summed E-state index contributed by atoms with van der Waals surface area (Å²) in [6.45, 7) is 1.98. The third kappa shape index (κ3) is 1.46. The number of rotatable bonds is 2. The molecule has 0 atom stereocenters. The van der Waals surface area contributed by atoms with Gasteiger partial charge in [-0.05, 0) is 30.2 Å². The number of benzene rings is 1. The Kier molecular flexibility index (Phi) is 2.37. The minimum absolute atomic E-state index is 0.0596. The molecule has 4 heteroatoms. The van der Waals surface area contributed by atoms with Gasteiger partial charge < -0.3 is 9.50 Å². The van der Waals surface area contributed by atoms with Crippen molar-refractivity contribution in [2.24, 2.45) is 0 Å². The molecule has 1 amide bonds. The Morgan fingerprint density at radius 2 is 2.29 bits per heavy atom. The summed E-state index contributed by atoms with van der Waals surface area (Å²) in [6.07, 6.45) is 2.34. The molecule has 74 valence electrons. The highest BCUT2D eigenvalue weighted by Gasteiger charge is 2.21. The van der Waals surface area contributed by atoms with Crippen LogP contribution in [0.15, 0.2) is 12.1 Å². The van der Waals surface area contributed by atoms with Crippen molar-refractivity contribution in [1.29, 1.82) is 0 Å². The zero-order valence-electron chi connectivity index (χ0n) is 8.09. The van der Waals surface area contributed by atoms with E-state index in [4.69, 9.17) is 4.18 Å². The second-order valence-corrected chi connectivity index (χ2v) is 3.69. The molecule has 1 aliphatic rings. The van der Waals surface area contributed by atoms with E-state index in [1.807, 2.05) is 25.3 Å². The Morgan fingerprint density at radius 3 is 3.00 bits per heavy atom. The molecule has 0 radical (unpaired) electrons. The Hall–Kier alpha value is -1.16. The lowest BCUT2D eigenvalue weighted by Gasteiger charge is -2.08. The van der Waals surface area contributed by atoms with Gasteiger partial charge in [-0.1, -0.05) is 0 Å². The van der Waals surface area contributed by atoms with Gasteiger partial charge in [0.1, 0.15) is 5.75 Å². The van der Waals surface area contributed by atoms with Gasteiger partial charge in [-0.2, -0.15) is 0 Å². The SMILES string of the molecule is CSOc1ccc2c(c1C)CC(=O)N2. The molecule has 0 spiro atoms. The molecule has 0 unspecified atom stereocenters. The van der Waals surface area contributed by atoms with Crippen molar-refractivity contribution in [2.45, 2.75) is 13.3 Å². The zero-order valence-corrected chi connectivity index (χ0v) is 8.90. The number of fused-ring (bicyclic) bond motifs is 1. The zero-order chi connectivity index (χ0) is 10.1. The monoisotopic (exact) mass is 209 g/mol. The van der Waals surface area contributed by atoms with E-state index in [1.165, 1.54) is 12.0 Å². The molecule has 1 N–H and O–H groups in total. The quantitative estimate of drug-likeness (QED) is 0.758. The molecule has 0 fully saturated rings. The highest BCUT2D eigenvalue weighted by Crippen LogP contribution is 2.33. The maximum absolute atomic E-state index is 11.2. The fourth-order valence-corrected chi connectivity index (χ4v) is 1.98. The van der Waals surface area contributed by atoms with Gasteiger partial charge in [0.25, 0.3) is 0 Å². The highest BCUT2D eigenvalue weighted by atomic mass is 32.2. The second-order valence-electron chi connectivity index (χ2n) is 3.19. The summed E-state index contributed by atoms with van der Waals surface area (Å²) in [6, 6.07) is 3.77. The van der Waals surface area contributed by atoms with Gasteiger partial charge in [0.05, 0.1) is 18.5 Å². The molecular weight excluding hydrogens is 198 g/mol. The van der Waals surface area contributed by atoms with Crippen molar-refractivity contribution in [3.8, 4) is 5.75 Å². The van der Waals surface area contributed by atoms with Crippen LogP contribution in [0.3, 0.4) is 0 Å². The predicted molar refractivity (Wildman–Crippen MR) is 57.7 cm³/mol. The Bertz CT molecular complexity index is 390. The largest absolute Gasteiger partial charge is 0.426 e. The smallest absolute Gasteiger partial charge is 0.228 e. The molecule has 1 aliphatic heterocycles. The van der Waals surface area contributed by atoms with Gasteiger partial charge in [-0.3, -0.25) is 4.79 Å². The maximum Gasteiger partial charge on any atom is 0.228 e. The minimum atomic E-state index is 0.0596. The summed E-state index contributed by atoms with van der Waals surface area (Å²) in [5.41, 5.74) is 3.03. The fourth-order valence-electron chi connectivity index (χ4n) is 1.62. The van der Waals surface area contributed by atoms with Crippen LogP contribution in [0.4, 0.5) is 5.69 Å². The van der Waals surface area contributed by atoms with E-state index < -0.39 is 0 Å². The van der Waals surface area contributed by atoms with Gasteiger partial charge >= 0.3 is 0 Å². The summed E-state index contributed by atoms with van der Waals surface area (Å²) in [5.74, 6) is 0.900. The number of hydrogen-bond acceptors (Lipinski definition) is 3. The van der Waals surface area contributed by atoms with Crippen molar-refractivity contribution < 1.29 is 8.98 Å². The van der Waals surface area contributed by atoms with Crippen LogP contribution in [0.2, 0.25) is 0 Å². The first-order chi connectivity index (χ1) is 6.72. The number of amides is 1. The van der Waals surface area contributed by atoms with E-state index in [1.54, 1.807) is 0 Å². The standard InChI is InChI=1S/C10H11NO2S/c1-6-7-5-10(12)11-8(7)3-4-9(6)13-14-2/h3-4H,5H2,1-2H3,(H,11,12). The van der Waals surface area contributed by atoms with E-state index in [-0.39, 0.29) is 5.91 Å². The summed E-state index contributed by atoms with van der Waals surface area (Å²) >= 11 is 1.31. The number of nitrogens with one attached hydrogen (secondary N) is 1. The Morgan fingerprint density at radius 1 is 1.50 bits per heavy atom. The number of anilines is 1. The molecule has 3 nitrogen and oxygen atoms in total. The first-order valence-corrected chi connectivity index (χ1v) is 5.50. The number of carbonyl (C=O) groups is 1. The first kappa shape index (κ1) is 9.40. The summed E-state index contributed by atoms with van der Waals surface area (Å²) in [5, 5.41) is 2.81. The number of hydrogen-bond donors (Lipinski definition) is 1. The molecule has 1 heterocycles. The minimum Gasteiger partial charge on any atom is -0.426 e. The molecule has 0 aliphatic carbocycles. The normalized spacial score (nSPS) is 13.7. The van der Waals surface area contributed by atoms with Crippen LogP contribution in [0.1, 0.15) is 11.1 Å². The molecule has 0 saturated heterocycles. The lowest BCUT2D eigenvalue weighted by molar-refractivity contribution is -0.115. The predicted octanol–water partition coefficient (Wildman–Crippen LogP) is 2.15. The van der Waals surface area contributed by atoms with Crippen molar-refractivity contribution in [2.75, 3.05) is 11.6 Å². The second kappa shape index (κ2) is 3.53. The van der Waals surface area contributed by atoms with Gasteiger partial charge in [-0.25, -0.2) is 0 Å². The van der Waals surface area contributed by atoms with Crippen LogP contribution < -0.4 is 9.50 Å². The molecule has 1 aromatic rings. The van der Waals surface area contributed by atoms with E-state index >= 15 is 0 Å². The third-order valence-electron chi connectivity index (χ3n) is 2.33. The van der Waals surface area contributed by atoms with E-state index in [0.717, 1.165) is 22.6 Å². The maximum atomic E-state index is 11.2. The van der Waals surface area contributed by atoms with E-state index in [0.29, 0.717) is 6.42 Å². The lowest BCUT2D eigenvalue weighted by atomic mass is 10.1. The van der Waals surface area contributed by atoms with Gasteiger partial charge in [-0.15, -0.1) is 0 Å². The summed E-state index contributed by atoms with van der Waals surface area (Å²) in [4.78, 5) is 11.2. The third-order valence-corrected chi connectivity index (χ3v) is 2.68. The first-order valence-electron chi connectivity index (χ1n) is 4.35. The number of carbonyl (C=O) groups excluding carboxylic acids is 1. The highest BCUT2D eigenvalue weighted by molar-refractivity contribution is 7.94. The van der Waals surface area contributed by atoms with Gasteiger partial charge in [0, 0.05) is 11.9 Å². The average molecular weight is 209 g/mol. The topological polar surface area (TPSA) is 38.3 Å². The van der Waals surface area contributed by atoms with E-state index in [9.17, 15) is 4.79 Å². The van der Waals surface area contributed by atoms with Crippen molar-refractivity contribution in [3.05, 3.63) is 23.3 Å². The molecule has 1 aromatic carbocycles. The van der Waals surface area contributed by atoms with Crippen LogP contribution in [0, 0.1) is 6.92 Å². The van der Waals surface area contributed by atoms with Gasteiger partial charge in [0.2, 0.25) is 5.91 Å². The molecule has 0 saturated carbocycles. The van der Waals surface area contributed by atoms with Gasteiger partial charge in [0.15, 0.2) is 0 Å². The average Bonchev–Trinajstić information content (AvgIpc) is 2.52. The molecule has 0 bridgehead atoms. The van der Waals surface area contributed by atoms with Crippen molar-refractivity contribution >= 4 is 23.6 Å². The molecule has 0 aromatic heterocycles. The van der Waals surface area contributed by atoms with Crippen LogP contribution in [0.5, 0.6) is 5.75 Å². The van der Waals surface area contributed by atoms with Crippen LogP contribution in [-0.2, 0) is 11.2 Å². The van der Waals surface area contributed by atoms with E-state index in [2.05, 4.69) is 5.32 Å². The Labute approximate surface area is 87.0 Å². The lowest BCUT2D eigenvalue weighted by Crippen LogP contribution is -2.03. The van der Waals surface area contributed by atoms with Crippen LogP contribution >= 0.6 is 12.0 Å². The fraction of sp³-hybridized carbons (Fsp3) is 0.300. The molecular formula is C10H11NO2S. The molecule has 2 rings (SSSR count). The van der Waals surface area contributed by atoms with Crippen molar-refractivity contribution in [1.82, 2.24) is 0 Å². The van der Waals surface area contributed by atoms with Crippen LogP contribution in [-0.4, -0.2) is 12.2 Å². The summed E-state index contributed by atoms with van der Waals surface area (Å²) < 4.78 is 5.37. The molecule has 14 heavy (non-hydrogen) atoms. The van der Waals surface area contributed by atoms with Crippen LogP contribution in [0.25, 0.3) is 0 Å².